The maximum Gasteiger partial charge on any atom is 0.324 e. The zero-order valence-corrected chi connectivity index (χ0v) is 12.6. The van der Waals surface area contributed by atoms with Gasteiger partial charge in [-0.2, -0.15) is 0 Å². The Bertz CT molecular complexity index is 219. The molecular weight excluding hydrogens is 248 g/mol. The first kappa shape index (κ1) is 18.3. The second kappa shape index (κ2) is 12.3. The molecule has 0 aliphatic rings. The van der Waals surface area contributed by atoms with Crippen molar-refractivity contribution in [2.24, 2.45) is 0 Å². The summed E-state index contributed by atoms with van der Waals surface area (Å²) in [6.07, 6.45) is 0. The predicted molar refractivity (Wildman–Crippen MR) is 74.3 cm³/mol. The summed E-state index contributed by atoms with van der Waals surface area (Å²) in [5, 5.41) is 3.15. The molecule has 114 valence electrons. The lowest BCUT2D eigenvalue weighted by molar-refractivity contribution is -0.146. The first-order valence-corrected chi connectivity index (χ1v) is 6.79. The van der Waals surface area contributed by atoms with Gasteiger partial charge >= 0.3 is 5.97 Å². The van der Waals surface area contributed by atoms with E-state index in [0.717, 1.165) is 19.6 Å². The summed E-state index contributed by atoms with van der Waals surface area (Å²) in [6, 6.07) is -0.307. The third kappa shape index (κ3) is 8.93. The van der Waals surface area contributed by atoms with E-state index in [2.05, 4.69) is 10.2 Å². The second-order valence-electron chi connectivity index (χ2n) is 4.15. The Morgan fingerprint density at radius 2 is 1.74 bits per heavy atom. The molecule has 0 rings (SSSR count). The number of nitrogens with zero attached hydrogens (tertiary/aromatic N) is 1. The molecule has 6 heteroatoms. The normalized spacial score (nSPS) is 12.7. The van der Waals surface area contributed by atoms with Crippen LogP contribution in [0.1, 0.15) is 13.8 Å². The van der Waals surface area contributed by atoms with Crippen molar-refractivity contribution in [2.75, 3.05) is 60.2 Å². The van der Waals surface area contributed by atoms with E-state index < -0.39 is 0 Å². The molecule has 0 radical (unpaired) electrons. The van der Waals surface area contributed by atoms with Crippen LogP contribution in [0.3, 0.4) is 0 Å². The minimum atomic E-state index is -0.307. The van der Waals surface area contributed by atoms with Crippen LogP contribution in [0.4, 0.5) is 0 Å². The summed E-state index contributed by atoms with van der Waals surface area (Å²) in [5.74, 6) is -0.204. The van der Waals surface area contributed by atoms with Crippen LogP contribution in [0, 0.1) is 0 Å². The maximum atomic E-state index is 11.8. The van der Waals surface area contributed by atoms with E-state index in [1.807, 2.05) is 13.8 Å². The summed E-state index contributed by atoms with van der Waals surface area (Å²) >= 11 is 0. The van der Waals surface area contributed by atoms with Gasteiger partial charge in [-0.05, 0) is 13.5 Å². The standard InChI is InChI=1S/C13H28N2O4/c1-5-14-12(13(16)19-6-2)11-15(7-9-17-3)8-10-18-4/h12,14H,5-11H2,1-4H3. The van der Waals surface area contributed by atoms with Gasteiger partial charge in [-0.25, -0.2) is 0 Å². The van der Waals surface area contributed by atoms with Gasteiger partial charge in [0.2, 0.25) is 0 Å². The number of nitrogens with one attached hydrogen (secondary N) is 1. The Balaban J connectivity index is 4.38. The van der Waals surface area contributed by atoms with Gasteiger partial charge in [0.05, 0.1) is 19.8 Å². The molecule has 1 N–H and O–H groups in total. The molecule has 6 nitrogen and oxygen atoms in total. The van der Waals surface area contributed by atoms with Crippen LogP contribution in [0.5, 0.6) is 0 Å². The van der Waals surface area contributed by atoms with Gasteiger partial charge in [0.15, 0.2) is 0 Å². The SMILES string of the molecule is CCNC(CN(CCOC)CCOC)C(=O)OCC. The topological polar surface area (TPSA) is 60.0 Å². The molecule has 0 aliphatic heterocycles. The summed E-state index contributed by atoms with van der Waals surface area (Å²) < 4.78 is 15.2. The summed E-state index contributed by atoms with van der Waals surface area (Å²) in [7, 11) is 3.34. The quantitative estimate of drug-likeness (QED) is 0.511. The molecule has 0 aromatic carbocycles. The smallest absolute Gasteiger partial charge is 0.324 e. The highest BCUT2D eigenvalue weighted by atomic mass is 16.5. The molecular formula is C13H28N2O4. The van der Waals surface area contributed by atoms with Crippen molar-refractivity contribution in [3.05, 3.63) is 0 Å². The number of rotatable bonds is 12. The molecule has 0 amide bonds. The molecule has 0 saturated heterocycles. The summed E-state index contributed by atoms with van der Waals surface area (Å²) in [5.41, 5.74) is 0. The molecule has 0 saturated carbocycles. The second-order valence-corrected chi connectivity index (χ2v) is 4.15. The number of ether oxygens (including phenoxy) is 3. The number of esters is 1. The van der Waals surface area contributed by atoms with Gasteiger partial charge in [-0.1, -0.05) is 6.92 Å². The zero-order chi connectivity index (χ0) is 14.5. The van der Waals surface area contributed by atoms with Crippen LogP contribution in [-0.2, 0) is 19.0 Å². The van der Waals surface area contributed by atoms with Crippen LogP contribution in [-0.4, -0.2) is 77.1 Å². The predicted octanol–water partition coefficient (Wildman–Crippen LogP) is 0.122. The van der Waals surface area contributed by atoms with Crippen molar-refractivity contribution in [2.45, 2.75) is 19.9 Å². The number of methoxy groups -OCH3 is 2. The van der Waals surface area contributed by atoms with Crippen LogP contribution >= 0.6 is 0 Å². The van der Waals surface area contributed by atoms with Crippen molar-refractivity contribution >= 4 is 5.97 Å². The fraction of sp³-hybridized carbons (Fsp3) is 0.923. The lowest BCUT2D eigenvalue weighted by atomic mass is 10.2. The lowest BCUT2D eigenvalue weighted by Gasteiger charge is -2.26. The molecule has 0 bridgehead atoms. The summed E-state index contributed by atoms with van der Waals surface area (Å²) in [6.45, 7) is 8.30. The Hall–Kier alpha value is -0.690. The van der Waals surface area contributed by atoms with Crippen LogP contribution in [0.2, 0.25) is 0 Å². The molecule has 0 aliphatic carbocycles. The third-order valence-electron chi connectivity index (χ3n) is 2.69. The molecule has 0 aromatic heterocycles. The van der Waals surface area contributed by atoms with Gasteiger partial charge in [-0.3, -0.25) is 9.69 Å². The van der Waals surface area contributed by atoms with Crippen molar-refractivity contribution in [1.82, 2.24) is 10.2 Å². The highest BCUT2D eigenvalue weighted by molar-refractivity contribution is 5.76. The Morgan fingerprint density at radius 3 is 2.16 bits per heavy atom. The average Bonchev–Trinajstić information content (AvgIpc) is 2.41. The van der Waals surface area contributed by atoms with E-state index in [1.165, 1.54) is 0 Å². The Morgan fingerprint density at radius 1 is 1.16 bits per heavy atom. The van der Waals surface area contributed by atoms with Crippen LogP contribution < -0.4 is 5.32 Å². The van der Waals surface area contributed by atoms with Crippen molar-refractivity contribution in [3.63, 3.8) is 0 Å². The summed E-state index contributed by atoms with van der Waals surface area (Å²) in [4.78, 5) is 14.0. The van der Waals surface area contributed by atoms with Gasteiger partial charge in [0, 0.05) is 33.9 Å². The van der Waals surface area contributed by atoms with Gasteiger partial charge in [0.1, 0.15) is 6.04 Å². The highest BCUT2D eigenvalue weighted by Gasteiger charge is 2.21. The van der Waals surface area contributed by atoms with E-state index in [-0.39, 0.29) is 12.0 Å². The average molecular weight is 276 g/mol. The maximum absolute atomic E-state index is 11.8. The fourth-order valence-corrected chi connectivity index (χ4v) is 1.71. The van der Waals surface area contributed by atoms with Crippen LogP contribution in [0.15, 0.2) is 0 Å². The van der Waals surface area contributed by atoms with Gasteiger partial charge < -0.3 is 19.5 Å². The lowest BCUT2D eigenvalue weighted by Crippen LogP contribution is -2.48. The van der Waals surface area contributed by atoms with Crippen LogP contribution in [0.25, 0.3) is 0 Å². The minimum Gasteiger partial charge on any atom is -0.465 e. The number of hydrogen-bond acceptors (Lipinski definition) is 6. The van der Waals surface area contributed by atoms with E-state index in [1.54, 1.807) is 14.2 Å². The molecule has 1 atom stereocenters. The largest absolute Gasteiger partial charge is 0.465 e. The molecule has 0 aromatic rings. The number of likely N-dealkylation sites (N-methyl/N-ethyl adjacent to an activating group) is 1. The fourth-order valence-electron chi connectivity index (χ4n) is 1.71. The zero-order valence-electron chi connectivity index (χ0n) is 12.6. The Labute approximate surface area is 116 Å². The van der Waals surface area contributed by atoms with Crippen molar-refractivity contribution in [3.8, 4) is 0 Å². The number of hydrogen-bond donors (Lipinski definition) is 1. The van der Waals surface area contributed by atoms with Crippen molar-refractivity contribution in [1.29, 1.82) is 0 Å². The number of carbonyl (C=O) groups is 1. The van der Waals surface area contributed by atoms with E-state index in [0.29, 0.717) is 26.4 Å². The van der Waals surface area contributed by atoms with E-state index >= 15 is 0 Å². The van der Waals surface area contributed by atoms with E-state index in [4.69, 9.17) is 14.2 Å². The molecule has 19 heavy (non-hydrogen) atoms. The molecule has 1 unspecified atom stereocenters. The van der Waals surface area contributed by atoms with Gasteiger partial charge in [-0.15, -0.1) is 0 Å². The Kier molecular flexibility index (Phi) is 11.9. The molecule has 0 heterocycles. The first-order chi connectivity index (χ1) is 9.19. The van der Waals surface area contributed by atoms with E-state index in [9.17, 15) is 4.79 Å². The first-order valence-electron chi connectivity index (χ1n) is 6.79. The number of carbonyl (C=O) groups excluding carboxylic acids is 1. The molecule has 0 spiro atoms. The highest BCUT2D eigenvalue weighted by Crippen LogP contribution is 1.97. The third-order valence-corrected chi connectivity index (χ3v) is 2.69. The monoisotopic (exact) mass is 276 g/mol. The minimum absolute atomic E-state index is 0.204. The molecule has 0 fully saturated rings. The van der Waals surface area contributed by atoms with Crippen molar-refractivity contribution < 1.29 is 19.0 Å². The van der Waals surface area contributed by atoms with Gasteiger partial charge in [0.25, 0.3) is 0 Å².